The minimum absolute atomic E-state index is 0.260. The van der Waals surface area contributed by atoms with Gasteiger partial charge in [-0.2, -0.15) is 0 Å². The zero-order valence-electron chi connectivity index (χ0n) is 21.4. The van der Waals surface area contributed by atoms with Crippen molar-refractivity contribution >= 4 is 0 Å². The molecule has 0 aliphatic heterocycles. The predicted octanol–water partition coefficient (Wildman–Crippen LogP) is 3.05. The van der Waals surface area contributed by atoms with E-state index in [0.717, 1.165) is 73.7 Å². The van der Waals surface area contributed by atoms with Gasteiger partial charge in [-0.05, 0) is 26.7 Å². The Morgan fingerprint density at radius 2 is 0.967 bits per heavy atom. The Hall–Kier alpha value is -0.240. The Morgan fingerprint density at radius 1 is 0.633 bits per heavy atom. The first-order valence-corrected chi connectivity index (χ1v) is 12.1. The van der Waals surface area contributed by atoms with Gasteiger partial charge in [-0.3, -0.25) is 0 Å². The van der Waals surface area contributed by atoms with Crippen LogP contribution >= 0.6 is 0 Å². The molecule has 6 nitrogen and oxygen atoms in total. The van der Waals surface area contributed by atoms with Gasteiger partial charge >= 0.3 is 0 Å². The van der Waals surface area contributed by atoms with Gasteiger partial charge in [0.15, 0.2) is 0 Å². The van der Waals surface area contributed by atoms with E-state index < -0.39 is 0 Å². The molecule has 0 saturated heterocycles. The molecule has 0 aliphatic rings. The van der Waals surface area contributed by atoms with Gasteiger partial charge < -0.3 is 28.7 Å². The average Bonchev–Trinajstić information content (AvgIpc) is 2.58. The van der Waals surface area contributed by atoms with Crippen molar-refractivity contribution in [3.63, 3.8) is 0 Å². The third-order valence-corrected chi connectivity index (χ3v) is 5.64. The Bertz CT molecular complexity index is 376. The first-order chi connectivity index (χ1) is 13.9. The molecule has 0 fully saturated rings. The Balaban J connectivity index is 4.36. The van der Waals surface area contributed by atoms with E-state index in [1.807, 2.05) is 13.8 Å². The average molecular weight is 435 g/mol. The fourth-order valence-corrected chi connectivity index (χ4v) is 4.30. The molecule has 0 aromatic heterocycles. The van der Waals surface area contributed by atoms with Crippen molar-refractivity contribution in [3.8, 4) is 0 Å². The van der Waals surface area contributed by atoms with E-state index >= 15 is 0 Å². The quantitative estimate of drug-likeness (QED) is 0.242. The number of likely N-dealkylation sites (N-methyl/N-ethyl adjacent to an activating group) is 2. The standard InChI is InChI=1S/C24H54N2O4/c1-9-11-23(13-15-25(5,6)19-21(3)27)29-17-18-30-24(12-10-2)14-16-26(7,8)20-22(4)28/h21-24,27-28H,9-20H2,1-8H3/q+2. The molecule has 4 unspecified atom stereocenters. The van der Waals surface area contributed by atoms with Crippen LogP contribution in [0.5, 0.6) is 0 Å². The molecular formula is C24H54N2O4+2. The van der Waals surface area contributed by atoms with Gasteiger partial charge in [0.05, 0.1) is 66.7 Å². The van der Waals surface area contributed by atoms with Crippen LogP contribution in [0.3, 0.4) is 0 Å². The summed E-state index contributed by atoms with van der Waals surface area (Å²) in [6, 6.07) is 0. The normalized spacial score (nSPS) is 17.0. The molecular weight excluding hydrogens is 380 g/mol. The molecule has 4 atom stereocenters. The van der Waals surface area contributed by atoms with E-state index in [1.54, 1.807) is 0 Å². The number of rotatable bonds is 19. The minimum atomic E-state index is -0.279. The summed E-state index contributed by atoms with van der Waals surface area (Å²) in [6.45, 7) is 12.9. The molecule has 0 saturated carbocycles. The molecule has 2 N–H and O–H groups in total. The van der Waals surface area contributed by atoms with Crippen LogP contribution in [0, 0.1) is 0 Å². The van der Waals surface area contributed by atoms with Crippen LogP contribution in [0.25, 0.3) is 0 Å². The van der Waals surface area contributed by atoms with Crippen LogP contribution in [0.1, 0.15) is 66.2 Å². The topological polar surface area (TPSA) is 58.9 Å². The zero-order chi connectivity index (χ0) is 23.2. The SMILES string of the molecule is CCCC(CC[N+](C)(C)CC(C)O)OCCOC(CCC)CC[N+](C)(C)CC(C)O. The summed E-state index contributed by atoms with van der Waals surface area (Å²) in [5.74, 6) is 0. The Kier molecular flexibility index (Phi) is 15.4. The van der Waals surface area contributed by atoms with E-state index in [-0.39, 0.29) is 24.4 Å². The molecule has 0 rings (SSSR count). The number of nitrogens with zero attached hydrogens (tertiary/aromatic N) is 2. The van der Waals surface area contributed by atoms with Gasteiger partial charge in [0.2, 0.25) is 0 Å². The van der Waals surface area contributed by atoms with Crippen molar-refractivity contribution < 1.29 is 28.7 Å². The molecule has 0 radical (unpaired) electrons. The molecule has 0 bridgehead atoms. The van der Waals surface area contributed by atoms with Gasteiger partial charge in [-0.25, -0.2) is 0 Å². The number of hydrogen-bond donors (Lipinski definition) is 2. The zero-order valence-corrected chi connectivity index (χ0v) is 21.4. The predicted molar refractivity (Wildman–Crippen MR) is 126 cm³/mol. The van der Waals surface area contributed by atoms with Gasteiger partial charge in [0.25, 0.3) is 0 Å². The van der Waals surface area contributed by atoms with E-state index in [9.17, 15) is 10.2 Å². The highest BCUT2D eigenvalue weighted by Crippen LogP contribution is 2.14. The molecule has 6 heteroatoms. The first kappa shape index (κ1) is 29.8. The van der Waals surface area contributed by atoms with Crippen molar-refractivity contribution in [2.75, 3.05) is 67.6 Å². The smallest absolute Gasteiger partial charge is 0.104 e. The summed E-state index contributed by atoms with van der Waals surface area (Å²) in [6.07, 6.45) is 6.35. The Morgan fingerprint density at radius 3 is 1.23 bits per heavy atom. The highest BCUT2D eigenvalue weighted by molar-refractivity contribution is 4.61. The fourth-order valence-electron chi connectivity index (χ4n) is 4.30. The van der Waals surface area contributed by atoms with Crippen molar-refractivity contribution in [3.05, 3.63) is 0 Å². The van der Waals surface area contributed by atoms with Crippen LogP contribution in [-0.4, -0.2) is 111 Å². The first-order valence-electron chi connectivity index (χ1n) is 12.1. The summed E-state index contributed by atoms with van der Waals surface area (Å²) >= 11 is 0. The van der Waals surface area contributed by atoms with Gasteiger partial charge in [-0.1, -0.05) is 26.7 Å². The van der Waals surface area contributed by atoms with Crippen LogP contribution in [0.15, 0.2) is 0 Å². The fraction of sp³-hybridized carbons (Fsp3) is 1.00. The Labute approximate surface area is 187 Å². The van der Waals surface area contributed by atoms with E-state index in [4.69, 9.17) is 9.47 Å². The van der Waals surface area contributed by atoms with Crippen molar-refractivity contribution in [2.24, 2.45) is 0 Å². The minimum Gasteiger partial charge on any atom is -0.388 e. The maximum Gasteiger partial charge on any atom is 0.104 e. The van der Waals surface area contributed by atoms with E-state index in [0.29, 0.717) is 13.2 Å². The van der Waals surface area contributed by atoms with Gasteiger partial charge in [-0.15, -0.1) is 0 Å². The lowest BCUT2D eigenvalue weighted by molar-refractivity contribution is -0.893. The maximum absolute atomic E-state index is 9.69. The van der Waals surface area contributed by atoms with E-state index in [1.165, 1.54) is 0 Å². The number of hydrogen-bond acceptors (Lipinski definition) is 4. The third-order valence-electron chi connectivity index (χ3n) is 5.64. The van der Waals surface area contributed by atoms with Crippen LogP contribution in [-0.2, 0) is 9.47 Å². The number of aliphatic hydroxyl groups is 2. The molecule has 30 heavy (non-hydrogen) atoms. The summed E-state index contributed by atoms with van der Waals surface area (Å²) in [5, 5.41) is 19.4. The molecule has 0 amide bonds. The lowest BCUT2D eigenvalue weighted by Crippen LogP contribution is -2.46. The van der Waals surface area contributed by atoms with Crippen molar-refractivity contribution in [1.29, 1.82) is 0 Å². The van der Waals surface area contributed by atoms with Gasteiger partial charge in [0.1, 0.15) is 25.3 Å². The summed E-state index contributed by atoms with van der Waals surface area (Å²) in [7, 11) is 8.69. The van der Waals surface area contributed by atoms with Crippen molar-refractivity contribution in [1.82, 2.24) is 0 Å². The molecule has 0 aliphatic carbocycles. The number of ether oxygens (including phenoxy) is 2. The lowest BCUT2D eigenvalue weighted by Gasteiger charge is -2.33. The largest absolute Gasteiger partial charge is 0.388 e. The third kappa shape index (κ3) is 16.5. The van der Waals surface area contributed by atoms with E-state index in [2.05, 4.69) is 42.0 Å². The van der Waals surface area contributed by atoms with Gasteiger partial charge in [0, 0.05) is 12.8 Å². The second-order valence-corrected chi connectivity index (χ2v) is 10.5. The second-order valence-electron chi connectivity index (χ2n) is 10.5. The lowest BCUT2D eigenvalue weighted by atomic mass is 10.1. The molecule has 182 valence electrons. The highest BCUT2D eigenvalue weighted by atomic mass is 16.5. The molecule has 0 heterocycles. The highest BCUT2D eigenvalue weighted by Gasteiger charge is 2.22. The van der Waals surface area contributed by atoms with Crippen LogP contribution < -0.4 is 0 Å². The summed E-state index contributed by atoms with van der Waals surface area (Å²) < 4.78 is 14.0. The summed E-state index contributed by atoms with van der Waals surface area (Å²) in [5.41, 5.74) is 0. The number of aliphatic hydroxyl groups excluding tert-OH is 2. The van der Waals surface area contributed by atoms with Crippen molar-refractivity contribution in [2.45, 2.75) is 90.6 Å². The molecule has 0 aromatic rings. The van der Waals surface area contributed by atoms with Crippen LogP contribution in [0.2, 0.25) is 0 Å². The number of quaternary nitrogens is 2. The maximum atomic E-state index is 9.69. The molecule has 0 spiro atoms. The summed E-state index contributed by atoms with van der Waals surface area (Å²) in [4.78, 5) is 0. The van der Waals surface area contributed by atoms with Crippen LogP contribution in [0.4, 0.5) is 0 Å². The monoisotopic (exact) mass is 434 g/mol. The second kappa shape index (κ2) is 15.5. The molecule has 0 aromatic carbocycles.